The van der Waals surface area contributed by atoms with Gasteiger partial charge in [-0.25, -0.2) is 15.0 Å². The minimum atomic E-state index is -0.864. The highest BCUT2D eigenvalue weighted by atomic mass is 32.1. The largest absolute Gasteiger partial charge is 0.481 e. The summed E-state index contributed by atoms with van der Waals surface area (Å²) < 4.78 is 0. The second-order valence-electron chi connectivity index (χ2n) is 5.00. The minimum Gasteiger partial charge on any atom is -0.481 e. The summed E-state index contributed by atoms with van der Waals surface area (Å²) in [4.78, 5) is 27.8. The van der Waals surface area contributed by atoms with Gasteiger partial charge in [0.1, 0.15) is 5.01 Å². The Kier molecular flexibility index (Phi) is 4.35. The Morgan fingerprint density at radius 3 is 2.61 bits per heavy atom. The molecule has 0 aromatic carbocycles. The van der Waals surface area contributed by atoms with Crippen molar-refractivity contribution in [2.24, 2.45) is 0 Å². The van der Waals surface area contributed by atoms with Crippen molar-refractivity contribution in [3.8, 4) is 21.1 Å². The number of rotatable bonds is 5. The predicted molar refractivity (Wildman–Crippen MR) is 92.1 cm³/mol. The summed E-state index contributed by atoms with van der Waals surface area (Å²) in [6, 6.07) is 3.87. The SMILES string of the molecule is CN(C)c1ncc(-c2nc(-c3cccs3)c(CC(=O)O)s2)cn1. The van der Waals surface area contributed by atoms with Gasteiger partial charge in [0.25, 0.3) is 0 Å². The smallest absolute Gasteiger partial charge is 0.308 e. The van der Waals surface area contributed by atoms with Crippen molar-refractivity contribution in [3.05, 3.63) is 34.8 Å². The molecule has 6 nitrogen and oxygen atoms in total. The van der Waals surface area contributed by atoms with Crippen LogP contribution in [-0.2, 0) is 11.2 Å². The number of hydrogen-bond acceptors (Lipinski definition) is 7. The first-order chi connectivity index (χ1) is 11.0. The maximum atomic E-state index is 11.1. The first-order valence-corrected chi connectivity index (χ1v) is 8.49. The Bertz CT molecular complexity index is 811. The van der Waals surface area contributed by atoms with E-state index in [1.807, 2.05) is 36.5 Å². The molecule has 3 aromatic heterocycles. The van der Waals surface area contributed by atoms with E-state index in [0.717, 1.165) is 26.0 Å². The molecule has 0 amide bonds. The van der Waals surface area contributed by atoms with E-state index in [2.05, 4.69) is 15.0 Å². The van der Waals surface area contributed by atoms with Crippen LogP contribution in [0.3, 0.4) is 0 Å². The van der Waals surface area contributed by atoms with E-state index in [4.69, 9.17) is 5.11 Å². The van der Waals surface area contributed by atoms with Gasteiger partial charge in [-0.3, -0.25) is 4.79 Å². The molecule has 3 aromatic rings. The third kappa shape index (κ3) is 3.38. The van der Waals surface area contributed by atoms with Gasteiger partial charge in [0.2, 0.25) is 5.95 Å². The van der Waals surface area contributed by atoms with Crippen LogP contribution in [0, 0.1) is 0 Å². The zero-order chi connectivity index (χ0) is 16.4. The zero-order valence-electron chi connectivity index (χ0n) is 12.6. The van der Waals surface area contributed by atoms with Gasteiger partial charge in [0.05, 0.1) is 17.0 Å². The van der Waals surface area contributed by atoms with Gasteiger partial charge in [-0.05, 0) is 11.4 Å². The van der Waals surface area contributed by atoms with E-state index >= 15 is 0 Å². The van der Waals surface area contributed by atoms with Gasteiger partial charge >= 0.3 is 5.97 Å². The number of carboxylic acid groups (broad SMARTS) is 1. The first kappa shape index (κ1) is 15.6. The molecule has 0 unspecified atom stereocenters. The third-order valence-electron chi connectivity index (χ3n) is 3.05. The fourth-order valence-corrected chi connectivity index (χ4v) is 3.85. The van der Waals surface area contributed by atoms with E-state index in [0.29, 0.717) is 5.95 Å². The molecule has 0 aliphatic rings. The Balaban J connectivity index is 2.01. The molecule has 0 aliphatic carbocycles. The van der Waals surface area contributed by atoms with Gasteiger partial charge in [-0.15, -0.1) is 22.7 Å². The average molecular weight is 346 g/mol. The monoisotopic (exact) mass is 346 g/mol. The summed E-state index contributed by atoms with van der Waals surface area (Å²) in [7, 11) is 3.75. The van der Waals surface area contributed by atoms with Crippen LogP contribution in [0.4, 0.5) is 5.95 Å². The Morgan fingerprint density at radius 1 is 1.30 bits per heavy atom. The van der Waals surface area contributed by atoms with Crippen LogP contribution in [0.15, 0.2) is 29.9 Å². The predicted octanol–water partition coefficient (Wildman–Crippen LogP) is 3.02. The summed E-state index contributed by atoms with van der Waals surface area (Å²) >= 11 is 2.92. The summed E-state index contributed by atoms with van der Waals surface area (Å²) in [5.74, 6) is -0.244. The molecule has 8 heteroatoms. The van der Waals surface area contributed by atoms with Crippen molar-refractivity contribution in [2.75, 3.05) is 19.0 Å². The number of carbonyl (C=O) groups is 1. The number of aliphatic carboxylic acids is 1. The van der Waals surface area contributed by atoms with E-state index in [1.165, 1.54) is 11.3 Å². The number of hydrogen-bond donors (Lipinski definition) is 1. The van der Waals surface area contributed by atoms with Crippen molar-refractivity contribution in [3.63, 3.8) is 0 Å². The molecule has 0 bridgehead atoms. The fraction of sp³-hybridized carbons (Fsp3) is 0.200. The zero-order valence-corrected chi connectivity index (χ0v) is 14.2. The number of thiazole rings is 1. The molecule has 0 atom stereocenters. The summed E-state index contributed by atoms with van der Waals surface area (Å²) in [6.07, 6.45) is 3.38. The lowest BCUT2D eigenvalue weighted by Gasteiger charge is -2.08. The summed E-state index contributed by atoms with van der Waals surface area (Å²) in [5.41, 5.74) is 1.52. The second kappa shape index (κ2) is 6.43. The van der Waals surface area contributed by atoms with Gasteiger partial charge in [-0.1, -0.05) is 6.07 Å². The van der Waals surface area contributed by atoms with E-state index in [9.17, 15) is 4.79 Å². The van der Waals surface area contributed by atoms with Gasteiger partial charge < -0.3 is 10.0 Å². The van der Waals surface area contributed by atoms with Crippen molar-refractivity contribution in [2.45, 2.75) is 6.42 Å². The van der Waals surface area contributed by atoms with E-state index in [1.54, 1.807) is 23.7 Å². The molecule has 3 rings (SSSR count). The molecule has 0 saturated heterocycles. The highest BCUT2D eigenvalue weighted by Gasteiger charge is 2.18. The molecule has 0 aliphatic heterocycles. The summed E-state index contributed by atoms with van der Waals surface area (Å²) in [6.45, 7) is 0. The van der Waals surface area contributed by atoms with Gasteiger partial charge in [0, 0.05) is 36.9 Å². The van der Waals surface area contributed by atoms with Crippen molar-refractivity contribution >= 4 is 34.6 Å². The van der Waals surface area contributed by atoms with E-state index < -0.39 is 5.97 Å². The third-order valence-corrected chi connectivity index (χ3v) is 5.03. The van der Waals surface area contributed by atoms with Crippen LogP contribution in [0.5, 0.6) is 0 Å². The maximum absolute atomic E-state index is 11.1. The first-order valence-electron chi connectivity index (χ1n) is 6.79. The van der Waals surface area contributed by atoms with Crippen LogP contribution in [0.1, 0.15) is 4.88 Å². The number of carboxylic acids is 1. The van der Waals surface area contributed by atoms with E-state index in [-0.39, 0.29) is 6.42 Å². The minimum absolute atomic E-state index is 0.0401. The molecule has 0 saturated carbocycles. The lowest BCUT2D eigenvalue weighted by atomic mass is 10.2. The van der Waals surface area contributed by atoms with Crippen molar-refractivity contribution in [1.82, 2.24) is 15.0 Å². The molecule has 3 heterocycles. The second-order valence-corrected chi connectivity index (χ2v) is 7.04. The van der Waals surface area contributed by atoms with Crippen LogP contribution in [0.25, 0.3) is 21.1 Å². The van der Waals surface area contributed by atoms with Crippen LogP contribution >= 0.6 is 22.7 Å². The topological polar surface area (TPSA) is 79.2 Å². The van der Waals surface area contributed by atoms with Crippen LogP contribution < -0.4 is 4.90 Å². The molecular weight excluding hydrogens is 332 g/mol. The van der Waals surface area contributed by atoms with Crippen molar-refractivity contribution in [1.29, 1.82) is 0 Å². The molecular formula is C15H14N4O2S2. The number of nitrogens with zero attached hydrogens (tertiary/aromatic N) is 4. The highest BCUT2D eigenvalue weighted by molar-refractivity contribution is 7.17. The Hall–Kier alpha value is -2.32. The molecule has 0 spiro atoms. The Morgan fingerprint density at radius 2 is 2.04 bits per heavy atom. The van der Waals surface area contributed by atoms with Gasteiger partial charge in [-0.2, -0.15) is 0 Å². The Labute approximate surface area is 141 Å². The van der Waals surface area contributed by atoms with Crippen molar-refractivity contribution < 1.29 is 9.90 Å². The quantitative estimate of drug-likeness (QED) is 0.765. The molecule has 0 fully saturated rings. The standard InChI is InChI=1S/C15H14N4O2S2/c1-19(2)15-16-7-9(8-17-15)14-18-13(10-4-3-5-22-10)11(23-14)6-12(20)21/h3-5,7-8H,6H2,1-2H3,(H,20,21). The summed E-state index contributed by atoms with van der Waals surface area (Å²) in [5, 5.41) is 11.8. The highest BCUT2D eigenvalue weighted by Crippen LogP contribution is 2.35. The normalized spacial score (nSPS) is 10.7. The van der Waals surface area contributed by atoms with Gasteiger partial charge in [0.15, 0.2) is 0 Å². The van der Waals surface area contributed by atoms with Crippen LogP contribution in [0.2, 0.25) is 0 Å². The molecule has 0 radical (unpaired) electrons. The molecule has 1 N–H and O–H groups in total. The number of thiophene rings is 1. The lowest BCUT2D eigenvalue weighted by Crippen LogP contribution is -2.12. The average Bonchev–Trinajstić information content (AvgIpc) is 3.16. The molecule has 118 valence electrons. The number of aromatic nitrogens is 3. The van der Waals surface area contributed by atoms with Crippen LogP contribution in [-0.4, -0.2) is 40.1 Å². The fourth-order valence-electron chi connectivity index (χ4n) is 2.00. The molecule has 23 heavy (non-hydrogen) atoms. The lowest BCUT2D eigenvalue weighted by molar-refractivity contribution is -0.136. The number of anilines is 1. The maximum Gasteiger partial charge on any atom is 0.308 e.